The van der Waals surface area contributed by atoms with Crippen LogP contribution < -0.4 is 5.32 Å². The molecule has 94 valence electrons. The number of nitrogens with one attached hydrogen (secondary N) is 1. The van der Waals surface area contributed by atoms with Crippen LogP contribution in [0.15, 0.2) is 0 Å². The summed E-state index contributed by atoms with van der Waals surface area (Å²) in [5.41, 5.74) is 0. The molecule has 0 saturated carbocycles. The number of hydrogen-bond donors (Lipinski definition) is 1. The van der Waals surface area contributed by atoms with Crippen LogP contribution in [0.3, 0.4) is 0 Å². The second-order valence-electron chi connectivity index (χ2n) is 4.91. The van der Waals surface area contributed by atoms with Gasteiger partial charge in [0, 0.05) is 31.6 Å². The van der Waals surface area contributed by atoms with Gasteiger partial charge in [0.05, 0.1) is 0 Å². The number of hydrogen-bond acceptors (Lipinski definition) is 2. The highest BCUT2D eigenvalue weighted by atomic mass is 16.2. The molecule has 0 aromatic carbocycles. The van der Waals surface area contributed by atoms with Crippen molar-refractivity contribution in [3.05, 3.63) is 0 Å². The lowest BCUT2D eigenvalue weighted by atomic mass is 9.96. The van der Waals surface area contributed by atoms with Gasteiger partial charge in [0.1, 0.15) is 0 Å². The number of piperazine rings is 1. The molecule has 1 heterocycles. The predicted octanol–water partition coefficient (Wildman–Crippen LogP) is 2.02. The van der Waals surface area contributed by atoms with Crippen molar-refractivity contribution in [1.82, 2.24) is 10.2 Å². The second-order valence-corrected chi connectivity index (χ2v) is 4.91. The summed E-state index contributed by atoms with van der Waals surface area (Å²) in [6, 6.07) is 0.446. The van der Waals surface area contributed by atoms with Gasteiger partial charge in [0.2, 0.25) is 5.91 Å². The number of amides is 1. The molecule has 0 unspecified atom stereocenters. The first-order valence-corrected chi connectivity index (χ1v) is 6.71. The fourth-order valence-electron chi connectivity index (χ4n) is 2.48. The summed E-state index contributed by atoms with van der Waals surface area (Å²) >= 11 is 0. The van der Waals surface area contributed by atoms with E-state index in [0.29, 0.717) is 11.9 Å². The Bertz CT molecular complexity index is 205. The topological polar surface area (TPSA) is 32.3 Å². The van der Waals surface area contributed by atoms with E-state index in [1.54, 1.807) is 0 Å². The molecule has 3 heteroatoms. The highest BCUT2D eigenvalue weighted by molar-refractivity contribution is 5.79. The van der Waals surface area contributed by atoms with Crippen molar-refractivity contribution in [3.8, 4) is 0 Å². The monoisotopic (exact) mass is 226 g/mol. The summed E-state index contributed by atoms with van der Waals surface area (Å²) in [5, 5.41) is 3.38. The third-order valence-electron chi connectivity index (χ3n) is 3.30. The highest BCUT2D eigenvalue weighted by Crippen LogP contribution is 2.17. The number of carbonyl (C=O) groups is 1. The van der Waals surface area contributed by atoms with Crippen LogP contribution in [0.1, 0.15) is 46.5 Å². The lowest BCUT2D eigenvalue weighted by molar-refractivity contribution is -0.137. The maximum absolute atomic E-state index is 12.3. The van der Waals surface area contributed by atoms with Crippen molar-refractivity contribution in [2.45, 2.75) is 52.5 Å². The molecule has 1 N–H and O–H groups in total. The van der Waals surface area contributed by atoms with Crippen molar-refractivity contribution in [2.75, 3.05) is 19.6 Å². The van der Waals surface area contributed by atoms with E-state index < -0.39 is 0 Å². The largest absolute Gasteiger partial charge is 0.340 e. The van der Waals surface area contributed by atoms with Crippen LogP contribution in [0, 0.1) is 5.92 Å². The fourth-order valence-corrected chi connectivity index (χ4v) is 2.48. The Morgan fingerprint density at radius 1 is 1.38 bits per heavy atom. The third kappa shape index (κ3) is 3.78. The molecule has 0 radical (unpaired) electrons. The molecule has 1 amide bonds. The zero-order valence-corrected chi connectivity index (χ0v) is 11.0. The van der Waals surface area contributed by atoms with Crippen molar-refractivity contribution in [3.63, 3.8) is 0 Å². The Hall–Kier alpha value is -0.570. The summed E-state index contributed by atoms with van der Waals surface area (Å²) in [5.74, 6) is 0.650. The maximum atomic E-state index is 12.3. The van der Waals surface area contributed by atoms with E-state index in [-0.39, 0.29) is 5.92 Å². The van der Waals surface area contributed by atoms with E-state index in [1.807, 2.05) is 0 Å². The summed E-state index contributed by atoms with van der Waals surface area (Å²) in [7, 11) is 0. The molecular formula is C13H26N2O. The molecule has 1 rings (SSSR count). The van der Waals surface area contributed by atoms with Gasteiger partial charge in [-0.1, -0.05) is 26.7 Å². The van der Waals surface area contributed by atoms with Crippen LogP contribution in [-0.2, 0) is 4.79 Å². The maximum Gasteiger partial charge on any atom is 0.225 e. The third-order valence-corrected chi connectivity index (χ3v) is 3.30. The zero-order valence-electron chi connectivity index (χ0n) is 11.0. The minimum absolute atomic E-state index is 0.264. The van der Waals surface area contributed by atoms with Crippen LogP contribution in [0.2, 0.25) is 0 Å². The van der Waals surface area contributed by atoms with Crippen molar-refractivity contribution >= 4 is 5.91 Å². The smallest absolute Gasteiger partial charge is 0.225 e. The fraction of sp³-hybridized carbons (Fsp3) is 0.923. The van der Waals surface area contributed by atoms with Gasteiger partial charge in [-0.25, -0.2) is 0 Å². The number of rotatable bonds is 5. The van der Waals surface area contributed by atoms with Crippen LogP contribution in [0.4, 0.5) is 0 Å². The van der Waals surface area contributed by atoms with Gasteiger partial charge < -0.3 is 10.2 Å². The van der Waals surface area contributed by atoms with E-state index in [2.05, 4.69) is 31.0 Å². The molecule has 0 aromatic heterocycles. The molecule has 1 atom stereocenters. The van der Waals surface area contributed by atoms with Gasteiger partial charge in [0.15, 0.2) is 0 Å². The molecule has 0 bridgehead atoms. The van der Waals surface area contributed by atoms with Gasteiger partial charge in [-0.2, -0.15) is 0 Å². The molecule has 1 aliphatic rings. The van der Waals surface area contributed by atoms with Crippen LogP contribution in [-0.4, -0.2) is 36.5 Å². The molecule has 1 saturated heterocycles. The SMILES string of the molecule is CCCC(CCC)C(=O)N1CCN[C@H](C)C1. The average Bonchev–Trinajstić information content (AvgIpc) is 2.28. The van der Waals surface area contributed by atoms with Crippen molar-refractivity contribution in [2.24, 2.45) is 5.92 Å². The van der Waals surface area contributed by atoms with Crippen molar-refractivity contribution in [1.29, 1.82) is 0 Å². The molecule has 1 fully saturated rings. The van der Waals surface area contributed by atoms with Crippen LogP contribution in [0.5, 0.6) is 0 Å². The Labute approximate surface area is 99.6 Å². The minimum atomic E-state index is 0.264. The van der Waals surface area contributed by atoms with E-state index in [4.69, 9.17) is 0 Å². The van der Waals surface area contributed by atoms with Gasteiger partial charge in [-0.3, -0.25) is 4.79 Å². The highest BCUT2D eigenvalue weighted by Gasteiger charge is 2.25. The summed E-state index contributed by atoms with van der Waals surface area (Å²) in [4.78, 5) is 14.4. The predicted molar refractivity (Wildman–Crippen MR) is 67.4 cm³/mol. The van der Waals surface area contributed by atoms with Gasteiger partial charge >= 0.3 is 0 Å². The van der Waals surface area contributed by atoms with Gasteiger partial charge in [0.25, 0.3) is 0 Å². The quantitative estimate of drug-likeness (QED) is 0.778. The van der Waals surface area contributed by atoms with Crippen LogP contribution in [0.25, 0.3) is 0 Å². The van der Waals surface area contributed by atoms with Gasteiger partial charge in [-0.15, -0.1) is 0 Å². The Kier molecular flexibility index (Phi) is 5.81. The summed E-state index contributed by atoms with van der Waals surface area (Å²) in [6.07, 6.45) is 4.31. The average molecular weight is 226 g/mol. The van der Waals surface area contributed by atoms with Crippen LogP contribution >= 0.6 is 0 Å². The first kappa shape index (κ1) is 13.5. The lowest BCUT2D eigenvalue weighted by Crippen LogP contribution is -2.52. The Morgan fingerprint density at radius 3 is 2.50 bits per heavy atom. The van der Waals surface area contributed by atoms with E-state index in [0.717, 1.165) is 45.3 Å². The molecule has 3 nitrogen and oxygen atoms in total. The molecular weight excluding hydrogens is 200 g/mol. The second kappa shape index (κ2) is 6.89. The Morgan fingerprint density at radius 2 is 2.00 bits per heavy atom. The number of carbonyl (C=O) groups excluding carboxylic acids is 1. The van der Waals surface area contributed by atoms with E-state index in [1.165, 1.54) is 0 Å². The zero-order chi connectivity index (χ0) is 12.0. The standard InChI is InChI=1S/C13H26N2O/c1-4-6-12(7-5-2)13(16)15-9-8-14-11(3)10-15/h11-12,14H,4-10H2,1-3H3/t11-/m1/s1. The Balaban J connectivity index is 2.51. The summed E-state index contributed by atoms with van der Waals surface area (Å²) in [6.45, 7) is 9.18. The molecule has 0 aromatic rings. The van der Waals surface area contributed by atoms with Crippen molar-refractivity contribution < 1.29 is 4.79 Å². The lowest BCUT2D eigenvalue weighted by Gasteiger charge is -2.34. The first-order chi connectivity index (χ1) is 7.69. The first-order valence-electron chi connectivity index (χ1n) is 6.71. The normalized spacial score (nSPS) is 21.5. The van der Waals surface area contributed by atoms with Gasteiger partial charge in [-0.05, 0) is 19.8 Å². The molecule has 0 spiro atoms. The molecule has 1 aliphatic heterocycles. The van der Waals surface area contributed by atoms with E-state index in [9.17, 15) is 4.79 Å². The molecule has 16 heavy (non-hydrogen) atoms. The molecule has 0 aliphatic carbocycles. The minimum Gasteiger partial charge on any atom is -0.340 e. The summed E-state index contributed by atoms with van der Waals surface area (Å²) < 4.78 is 0. The van der Waals surface area contributed by atoms with E-state index >= 15 is 0 Å². The number of nitrogens with zero attached hydrogens (tertiary/aromatic N) is 1.